The number of hydrogen-bond acceptors (Lipinski definition) is 5. The molecule has 0 aliphatic carbocycles. The largest absolute Gasteiger partial charge is 0.481 e. The fourth-order valence-corrected chi connectivity index (χ4v) is 1.86. The van der Waals surface area contributed by atoms with Crippen molar-refractivity contribution in [2.24, 2.45) is 0 Å². The minimum absolute atomic E-state index is 0.00273. The van der Waals surface area contributed by atoms with E-state index in [0.717, 1.165) is 6.08 Å². The van der Waals surface area contributed by atoms with Crippen LogP contribution in [0.2, 0.25) is 0 Å². The first-order chi connectivity index (χ1) is 9.45. The zero-order chi connectivity index (χ0) is 14.9. The number of carboxylic acids is 2. The Morgan fingerprint density at radius 2 is 2.00 bits per heavy atom. The number of carboxylic acid groups (broad SMARTS) is 2. The molecule has 104 valence electrons. The highest BCUT2D eigenvalue weighted by molar-refractivity contribution is 6.04. The average molecular weight is 278 g/mol. The molecular weight excluding hydrogens is 268 g/mol. The number of rotatable bonds is 5. The molecule has 1 unspecified atom stereocenters. The second kappa shape index (κ2) is 5.04. The van der Waals surface area contributed by atoms with Gasteiger partial charge in [-0.2, -0.15) is 0 Å². The summed E-state index contributed by atoms with van der Waals surface area (Å²) in [5, 5.41) is 18.0. The van der Waals surface area contributed by atoms with E-state index >= 15 is 0 Å². The van der Waals surface area contributed by atoms with Crippen LogP contribution in [-0.4, -0.2) is 34.7 Å². The van der Waals surface area contributed by atoms with E-state index in [2.05, 4.69) is 6.58 Å². The van der Waals surface area contributed by atoms with Crippen LogP contribution in [0.5, 0.6) is 5.75 Å². The van der Waals surface area contributed by atoms with Crippen LogP contribution in [0.4, 0.5) is 0 Å². The maximum atomic E-state index is 11.1. The van der Waals surface area contributed by atoms with Gasteiger partial charge in [0.1, 0.15) is 17.9 Å². The van der Waals surface area contributed by atoms with Gasteiger partial charge in [0.25, 0.3) is 0 Å². The van der Waals surface area contributed by atoms with Crippen molar-refractivity contribution < 1.29 is 34.1 Å². The maximum Gasteiger partial charge on any atom is 0.340 e. The summed E-state index contributed by atoms with van der Waals surface area (Å²) < 4.78 is 9.99. The normalized spacial score (nSPS) is 15.3. The lowest BCUT2D eigenvalue weighted by Crippen LogP contribution is -2.28. The molecule has 1 heterocycles. The molecule has 0 amide bonds. The minimum atomic E-state index is -1.39. The Morgan fingerprint density at radius 3 is 2.55 bits per heavy atom. The summed E-state index contributed by atoms with van der Waals surface area (Å²) in [6, 6.07) is 2.64. The van der Waals surface area contributed by atoms with E-state index in [9.17, 15) is 14.4 Å². The molecule has 0 aromatic heterocycles. The van der Waals surface area contributed by atoms with Crippen LogP contribution in [0.25, 0.3) is 0 Å². The predicted molar refractivity (Wildman–Crippen MR) is 64.9 cm³/mol. The van der Waals surface area contributed by atoms with Crippen molar-refractivity contribution in [3.63, 3.8) is 0 Å². The van der Waals surface area contributed by atoms with Crippen molar-refractivity contribution >= 4 is 17.9 Å². The number of esters is 1. The van der Waals surface area contributed by atoms with E-state index in [1.54, 1.807) is 0 Å². The van der Waals surface area contributed by atoms with E-state index in [-0.39, 0.29) is 17.9 Å². The molecule has 0 saturated heterocycles. The van der Waals surface area contributed by atoms with Gasteiger partial charge in [0.05, 0.1) is 5.56 Å². The van der Waals surface area contributed by atoms with E-state index in [1.165, 1.54) is 12.1 Å². The molecule has 20 heavy (non-hydrogen) atoms. The average Bonchev–Trinajstić information content (AvgIpc) is 2.37. The molecule has 1 aromatic rings. The highest BCUT2D eigenvalue weighted by Gasteiger charge is 2.36. The van der Waals surface area contributed by atoms with Gasteiger partial charge in [-0.25, -0.2) is 14.4 Å². The lowest BCUT2D eigenvalue weighted by molar-refractivity contribution is -0.141. The van der Waals surface area contributed by atoms with Gasteiger partial charge in [0.2, 0.25) is 0 Å². The van der Waals surface area contributed by atoms with Crippen LogP contribution in [-0.2, 0) is 9.53 Å². The van der Waals surface area contributed by atoms with Gasteiger partial charge in [0, 0.05) is 11.6 Å². The molecule has 2 N–H and O–H groups in total. The summed E-state index contributed by atoms with van der Waals surface area (Å²) in [4.78, 5) is 33.0. The van der Waals surface area contributed by atoms with Gasteiger partial charge >= 0.3 is 17.9 Å². The Morgan fingerprint density at radius 1 is 1.30 bits per heavy atom. The van der Waals surface area contributed by atoms with Crippen molar-refractivity contribution in [2.75, 3.05) is 6.61 Å². The maximum absolute atomic E-state index is 11.1. The van der Waals surface area contributed by atoms with Gasteiger partial charge in [-0.3, -0.25) is 0 Å². The van der Waals surface area contributed by atoms with Crippen molar-refractivity contribution in [3.8, 4) is 5.75 Å². The van der Waals surface area contributed by atoms with Crippen molar-refractivity contribution in [1.29, 1.82) is 0 Å². The van der Waals surface area contributed by atoms with Crippen molar-refractivity contribution in [1.82, 2.24) is 0 Å². The molecule has 0 fully saturated rings. The second-order valence-electron chi connectivity index (χ2n) is 3.96. The molecule has 0 saturated carbocycles. The van der Waals surface area contributed by atoms with Gasteiger partial charge in [-0.1, -0.05) is 12.6 Å². The molecule has 1 aliphatic heterocycles. The van der Waals surface area contributed by atoms with Crippen LogP contribution in [0, 0.1) is 0 Å². The smallest absolute Gasteiger partial charge is 0.340 e. The Balaban J connectivity index is 2.26. The quantitative estimate of drug-likeness (QED) is 0.615. The molecule has 0 radical (unpaired) electrons. The molecule has 7 nitrogen and oxygen atoms in total. The summed E-state index contributed by atoms with van der Waals surface area (Å²) in [5.41, 5.74) is -0.261. The number of carbonyl (C=O) groups is 3. The molecule has 1 aromatic carbocycles. The molecule has 1 aliphatic rings. The number of carbonyl (C=O) groups excluding carboxylic acids is 1. The summed E-state index contributed by atoms with van der Waals surface area (Å²) in [6.45, 7) is 3.14. The van der Waals surface area contributed by atoms with E-state index in [4.69, 9.17) is 19.7 Å². The first kappa shape index (κ1) is 13.6. The SMILES string of the molecule is C=CC(=O)OCC1Oc2c1ccc(C(=O)O)c2C(=O)O. The van der Waals surface area contributed by atoms with Crippen LogP contribution in [0.15, 0.2) is 24.8 Å². The first-order valence-corrected chi connectivity index (χ1v) is 5.55. The molecule has 0 bridgehead atoms. The van der Waals surface area contributed by atoms with Gasteiger partial charge in [0.15, 0.2) is 6.10 Å². The molecule has 2 rings (SSSR count). The standard InChI is InChI=1S/C13H10O7/c1-2-9(14)19-5-8-6-3-4-7(12(15)16)10(13(17)18)11(6)20-8/h2-4,8H,1,5H2,(H,15,16)(H,17,18). The lowest BCUT2D eigenvalue weighted by atomic mass is 9.95. The Bertz CT molecular complexity index is 617. The van der Waals surface area contributed by atoms with Crippen LogP contribution < -0.4 is 4.74 Å². The third-order valence-electron chi connectivity index (χ3n) is 2.78. The Hall–Kier alpha value is -2.83. The number of fused-ring (bicyclic) bond motifs is 1. The molecular formula is C13H10O7. The number of benzene rings is 1. The highest BCUT2D eigenvalue weighted by atomic mass is 16.6. The van der Waals surface area contributed by atoms with E-state index in [0.29, 0.717) is 5.56 Å². The fraction of sp³-hybridized carbons (Fsp3) is 0.154. The fourth-order valence-electron chi connectivity index (χ4n) is 1.86. The Kier molecular flexibility index (Phi) is 3.43. The topological polar surface area (TPSA) is 110 Å². The summed E-state index contributed by atoms with van der Waals surface area (Å²) in [6.07, 6.45) is 0.394. The van der Waals surface area contributed by atoms with Crippen LogP contribution >= 0.6 is 0 Å². The van der Waals surface area contributed by atoms with Crippen LogP contribution in [0.1, 0.15) is 32.4 Å². The van der Waals surface area contributed by atoms with Gasteiger partial charge < -0.3 is 19.7 Å². The molecule has 1 atom stereocenters. The third kappa shape index (κ3) is 2.20. The van der Waals surface area contributed by atoms with E-state index in [1.807, 2.05) is 0 Å². The first-order valence-electron chi connectivity index (χ1n) is 5.55. The summed E-state index contributed by atoms with van der Waals surface area (Å²) in [5.74, 6) is -3.36. The lowest BCUT2D eigenvalue weighted by Gasteiger charge is -2.32. The predicted octanol–water partition coefficient (Wildman–Crippen LogP) is 1.25. The zero-order valence-electron chi connectivity index (χ0n) is 10.2. The number of ether oxygens (including phenoxy) is 2. The van der Waals surface area contributed by atoms with Crippen molar-refractivity contribution in [2.45, 2.75) is 6.10 Å². The summed E-state index contributed by atoms with van der Waals surface area (Å²) >= 11 is 0. The second-order valence-corrected chi connectivity index (χ2v) is 3.96. The molecule has 7 heteroatoms. The summed E-state index contributed by atoms with van der Waals surface area (Å²) in [7, 11) is 0. The van der Waals surface area contributed by atoms with Gasteiger partial charge in [-0.15, -0.1) is 0 Å². The van der Waals surface area contributed by atoms with Crippen molar-refractivity contribution in [3.05, 3.63) is 41.5 Å². The number of hydrogen-bond donors (Lipinski definition) is 2. The van der Waals surface area contributed by atoms with Gasteiger partial charge in [-0.05, 0) is 6.07 Å². The molecule has 0 spiro atoms. The zero-order valence-corrected chi connectivity index (χ0v) is 10.2. The highest BCUT2D eigenvalue weighted by Crippen LogP contribution is 2.43. The third-order valence-corrected chi connectivity index (χ3v) is 2.78. The monoisotopic (exact) mass is 278 g/mol. The number of aromatic carboxylic acids is 2. The Labute approximate surface area is 113 Å². The minimum Gasteiger partial charge on any atom is -0.481 e. The van der Waals surface area contributed by atoms with E-state index < -0.39 is 29.6 Å². The van der Waals surface area contributed by atoms with Crippen LogP contribution in [0.3, 0.4) is 0 Å².